The molecule has 2 amide bonds. The predicted octanol–water partition coefficient (Wildman–Crippen LogP) is 3.29. The van der Waals surface area contributed by atoms with Crippen LogP contribution >= 0.6 is 0 Å². The molecular formula is C23H27N3O4S. The highest BCUT2D eigenvalue weighted by atomic mass is 32.2. The first-order valence-electron chi connectivity index (χ1n) is 10.5. The molecule has 0 aromatic heterocycles. The minimum absolute atomic E-state index is 0.0159. The zero-order valence-electron chi connectivity index (χ0n) is 18.0. The first-order valence-corrected chi connectivity index (χ1v) is 11.9. The Hall–Kier alpha value is -2.71. The molecule has 0 radical (unpaired) electrons. The topological polar surface area (TPSA) is 95.6 Å². The molecule has 0 bridgehead atoms. The second-order valence-electron chi connectivity index (χ2n) is 8.41. The van der Waals surface area contributed by atoms with Gasteiger partial charge in [-0.25, -0.2) is 8.42 Å². The van der Waals surface area contributed by atoms with Crippen LogP contribution in [-0.2, 0) is 26.0 Å². The lowest BCUT2D eigenvalue weighted by molar-refractivity contribution is -0.119. The first-order chi connectivity index (χ1) is 14.7. The van der Waals surface area contributed by atoms with Crippen molar-refractivity contribution in [2.24, 2.45) is 0 Å². The summed E-state index contributed by atoms with van der Waals surface area (Å²) in [4.78, 5) is 24.9. The van der Waals surface area contributed by atoms with Crippen molar-refractivity contribution in [3.63, 3.8) is 0 Å². The molecular weight excluding hydrogens is 414 g/mol. The fourth-order valence-electron chi connectivity index (χ4n) is 4.67. The number of carbonyl (C=O) groups excluding carboxylic acids is 2. The van der Waals surface area contributed by atoms with Crippen molar-refractivity contribution in [2.75, 3.05) is 17.2 Å². The molecule has 7 nitrogen and oxygen atoms in total. The van der Waals surface area contributed by atoms with E-state index in [9.17, 15) is 18.0 Å². The van der Waals surface area contributed by atoms with Gasteiger partial charge in [0.2, 0.25) is 21.8 Å². The maximum Gasteiger partial charge on any atom is 0.244 e. The lowest BCUT2D eigenvalue weighted by Crippen LogP contribution is -2.43. The number of nitrogens with one attached hydrogen (secondary N) is 2. The van der Waals surface area contributed by atoms with Gasteiger partial charge in [-0.15, -0.1) is 0 Å². The normalized spacial score (nSPS) is 19.1. The molecule has 2 aromatic rings. The zero-order valence-corrected chi connectivity index (χ0v) is 18.8. The Bertz CT molecular complexity index is 1150. The van der Waals surface area contributed by atoms with Crippen LogP contribution in [0.5, 0.6) is 0 Å². The Morgan fingerprint density at radius 1 is 1.10 bits per heavy atom. The number of nitrogens with zero attached hydrogens (tertiary/aromatic N) is 1. The monoisotopic (exact) mass is 441 g/mol. The van der Waals surface area contributed by atoms with Gasteiger partial charge in [-0.2, -0.15) is 4.31 Å². The summed E-state index contributed by atoms with van der Waals surface area (Å²) < 4.78 is 28.3. The summed E-state index contributed by atoms with van der Waals surface area (Å²) in [6.07, 6.45) is 2.14. The number of carbonyl (C=O) groups is 2. The molecule has 2 aliphatic heterocycles. The van der Waals surface area contributed by atoms with Crippen LogP contribution in [0.25, 0.3) is 0 Å². The van der Waals surface area contributed by atoms with Gasteiger partial charge in [0, 0.05) is 24.3 Å². The molecule has 1 fully saturated rings. The van der Waals surface area contributed by atoms with Crippen LogP contribution in [0.2, 0.25) is 0 Å². The number of hydrogen-bond donors (Lipinski definition) is 2. The second kappa shape index (κ2) is 8.09. The van der Waals surface area contributed by atoms with Crippen LogP contribution in [0.15, 0.2) is 35.2 Å². The summed E-state index contributed by atoms with van der Waals surface area (Å²) in [5, 5.41) is 5.70. The summed E-state index contributed by atoms with van der Waals surface area (Å²) in [6, 6.07) is 8.30. The van der Waals surface area contributed by atoms with Crippen molar-refractivity contribution in [1.82, 2.24) is 4.31 Å². The van der Waals surface area contributed by atoms with Crippen molar-refractivity contribution < 1.29 is 18.0 Å². The number of fused-ring (bicyclic) bond motifs is 1. The lowest BCUT2D eigenvalue weighted by atomic mass is 10.0. The summed E-state index contributed by atoms with van der Waals surface area (Å²) in [6.45, 7) is 5.85. The number of hydrogen-bond acceptors (Lipinski definition) is 4. The smallest absolute Gasteiger partial charge is 0.244 e. The van der Waals surface area contributed by atoms with Gasteiger partial charge < -0.3 is 10.6 Å². The van der Waals surface area contributed by atoms with E-state index in [4.69, 9.17) is 0 Å². The number of amides is 2. The molecule has 0 aliphatic carbocycles. The summed E-state index contributed by atoms with van der Waals surface area (Å²) >= 11 is 0. The number of rotatable bonds is 4. The van der Waals surface area contributed by atoms with E-state index in [0.29, 0.717) is 53.9 Å². The van der Waals surface area contributed by atoms with Gasteiger partial charge in [-0.1, -0.05) is 17.7 Å². The van der Waals surface area contributed by atoms with Crippen molar-refractivity contribution >= 4 is 33.2 Å². The summed E-state index contributed by atoms with van der Waals surface area (Å²) in [5.41, 5.74) is 4.71. The molecule has 1 unspecified atom stereocenters. The maximum atomic E-state index is 13.5. The van der Waals surface area contributed by atoms with Gasteiger partial charge >= 0.3 is 0 Å². The molecule has 164 valence electrons. The molecule has 31 heavy (non-hydrogen) atoms. The van der Waals surface area contributed by atoms with E-state index in [0.717, 1.165) is 16.8 Å². The third-order valence-electron chi connectivity index (χ3n) is 5.95. The SMILES string of the molecule is Cc1cc(C)c(S(=O)(=O)N2CCCC2C(=O)Nc2ccc3c(c2)CCC(=O)N3)c(C)c1. The minimum atomic E-state index is -3.80. The fraction of sp³-hybridized carbons (Fsp3) is 0.391. The molecule has 0 spiro atoms. The van der Waals surface area contributed by atoms with Crippen molar-refractivity contribution in [3.8, 4) is 0 Å². The van der Waals surface area contributed by atoms with Crippen LogP contribution in [0.4, 0.5) is 11.4 Å². The van der Waals surface area contributed by atoms with Gasteiger partial charge in [-0.3, -0.25) is 9.59 Å². The van der Waals surface area contributed by atoms with Gasteiger partial charge in [0.1, 0.15) is 6.04 Å². The Morgan fingerprint density at radius 2 is 1.81 bits per heavy atom. The van der Waals surface area contributed by atoms with E-state index in [1.165, 1.54) is 4.31 Å². The number of aryl methyl sites for hydroxylation is 4. The average molecular weight is 442 g/mol. The van der Waals surface area contributed by atoms with Gasteiger partial charge in [0.25, 0.3) is 0 Å². The van der Waals surface area contributed by atoms with E-state index >= 15 is 0 Å². The predicted molar refractivity (Wildman–Crippen MR) is 120 cm³/mol. The minimum Gasteiger partial charge on any atom is -0.326 e. The highest BCUT2D eigenvalue weighted by Gasteiger charge is 2.40. The highest BCUT2D eigenvalue weighted by molar-refractivity contribution is 7.89. The van der Waals surface area contributed by atoms with E-state index < -0.39 is 16.1 Å². The largest absolute Gasteiger partial charge is 0.326 e. The number of benzene rings is 2. The Kier molecular flexibility index (Phi) is 5.61. The molecule has 2 aliphatic rings. The maximum absolute atomic E-state index is 13.5. The van der Waals surface area contributed by atoms with Crippen molar-refractivity contribution in [2.45, 2.75) is 57.4 Å². The molecule has 2 aromatic carbocycles. The molecule has 8 heteroatoms. The Labute approximate surface area is 182 Å². The lowest BCUT2D eigenvalue weighted by Gasteiger charge is -2.25. The third-order valence-corrected chi connectivity index (χ3v) is 8.16. The number of anilines is 2. The molecule has 0 saturated carbocycles. The number of sulfonamides is 1. The highest BCUT2D eigenvalue weighted by Crippen LogP contribution is 2.32. The molecule has 1 atom stereocenters. The van der Waals surface area contributed by atoms with Crippen molar-refractivity contribution in [1.29, 1.82) is 0 Å². The van der Waals surface area contributed by atoms with E-state index in [1.807, 2.05) is 25.1 Å². The molecule has 1 saturated heterocycles. The molecule has 4 rings (SSSR count). The van der Waals surface area contributed by atoms with E-state index in [-0.39, 0.29) is 11.8 Å². The fourth-order valence-corrected chi connectivity index (χ4v) is 6.74. The molecule has 2 N–H and O–H groups in total. The zero-order chi connectivity index (χ0) is 22.3. The summed E-state index contributed by atoms with van der Waals surface area (Å²) in [7, 11) is -3.80. The van der Waals surface area contributed by atoms with Gasteiger partial charge in [-0.05, 0) is 74.9 Å². The second-order valence-corrected chi connectivity index (χ2v) is 10.2. The van der Waals surface area contributed by atoms with Crippen LogP contribution in [0, 0.1) is 20.8 Å². The quantitative estimate of drug-likeness (QED) is 0.761. The third kappa shape index (κ3) is 4.09. The van der Waals surface area contributed by atoms with E-state index in [2.05, 4.69) is 10.6 Å². The van der Waals surface area contributed by atoms with Crippen LogP contribution in [0.3, 0.4) is 0 Å². The van der Waals surface area contributed by atoms with Crippen LogP contribution < -0.4 is 10.6 Å². The average Bonchev–Trinajstić information content (AvgIpc) is 3.18. The standard InChI is InChI=1S/C23H27N3O4S/c1-14-11-15(2)22(16(3)12-14)31(29,30)26-10-4-5-20(26)23(28)24-18-7-8-19-17(13-18)6-9-21(27)25-19/h7-8,11-13,20H,4-6,9-10H2,1-3H3,(H,24,28)(H,25,27). The van der Waals surface area contributed by atoms with Crippen LogP contribution in [-0.4, -0.2) is 37.1 Å². The van der Waals surface area contributed by atoms with Gasteiger partial charge in [0.05, 0.1) is 4.90 Å². The van der Waals surface area contributed by atoms with E-state index in [1.54, 1.807) is 26.0 Å². The molecule has 2 heterocycles. The Morgan fingerprint density at radius 3 is 2.52 bits per heavy atom. The Balaban J connectivity index is 1.57. The van der Waals surface area contributed by atoms with Gasteiger partial charge in [0.15, 0.2) is 0 Å². The first kappa shape index (κ1) is 21.5. The van der Waals surface area contributed by atoms with Crippen molar-refractivity contribution in [3.05, 3.63) is 52.6 Å². The summed E-state index contributed by atoms with van der Waals surface area (Å²) in [5.74, 6) is -0.346. The van der Waals surface area contributed by atoms with Crippen LogP contribution in [0.1, 0.15) is 41.5 Å².